The van der Waals surface area contributed by atoms with E-state index in [1.165, 1.54) is 11.8 Å². The van der Waals surface area contributed by atoms with Crippen LogP contribution < -0.4 is 0 Å². The monoisotopic (exact) mass is 407 g/mol. The number of hydrogen-bond acceptors (Lipinski definition) is 6. The van der Waals surface area contributed by atoms with Crippen LogP contribution in [0.5, 0.6) is 0 Å². The first-order valence-corrected chi connectivity index (χ1v) is 10.4. The number of benzene rings is 2. The van der Waals surface area contributed by atoms with Crippen molar-refractivity contribution in [1.29, 1.82) is 0 Å². The molecule has 0 aliphatic rings. The van der Waals surface area contributed by atoms with E-state index in [4.69, 9.17) is 4.74 Å². The minimum Gasteiger partial charge on any atom is -0.465 e. The molecule has 0 atom stereocenters. The lowest BCUT2D eigenvalue weighted by molar-refractivity contribution is -0.139. The lowest BCUT2D eigenvalue weighted by atomic mass is 10.3. The molecule has 0 N–H and O–H groups in total. The van der Waals surface area contributed by atoms with Gasteiger partial charge in [0.05, 0.1) is 29.9 Å². The van der Waals surface area contributed by atoms with E-state index in [1.807, 2.05) is 60.0 Å². The summed E-state index contributed by atoms with van der Waals surface area (Å²) < 4.78 is 9.14. The van der Waals surface area contributed by atoms with E-state index in [0.29, 0.717) is 18.3 Å². The zero-order valence-corrected chi connectivity index (χ0v) is 17.1. The second kappa shape index (κ2) is 8.48. The summed E-state index contributed by atoms with van der Waals surface area (Å²) in [5.74, 6) is 1.60. The van der Waals surface area contributed by atoms with Crippen molar-refractivity contribution in [2.24, 2.45) is 0 Å². The summed E-state index contributed by atoms with van der Waals surface area (Å²) in [7, 11) is 0. The summed E-state index contributed by atoms with van der Waals surface area (Å²) in [6.45, 7) is 4.67. The number of ether oxygens (including phenoxy) is 1. The summed E-state index contributed by atoms with van der Waals surface area (Å²) in [5, 5.41) is 9.43. The Labute approximate surface area is 172 Å². The number of aryl methyl sites for hydroxylation is 1. The number of fused-ring (bicyclic) bond motifs is 1. The van der Waals surface area contributed by atoms with E-state index in [1.54, 1.807) is 6.92 Å². The standard InChI is InChI=1S/C21H21N5O2S/c1-3-28-20(27)14-29-21-24-23-19(26(21)16-9-5-4-6-10-16)13-25-15(2)22-17-11-7-8-12-18(17)25/h4-12H,3,13-14H2,1-2H3. The summed E-state index contributed by atoms with van der Waals surface area (Å²) in [5.41, 5.74) is 2.95. The van der Waals surface area contributed by atoms with Crippen LogP contribution in [0.1, 0.15) is 18.6 Å². The number of para-hydroxylation sites is 3. The summed E-state index contributed by atoms with van der Waals surface area (Å²) >= 11 is 1.32. The van der Waals surface area contributed by atoms with Gasteiger partial charge in [0.15, 0.2) is 11.0 Å². The molecule has 0 saturated heterocycles. The first-order chi connectivity index (χ1) is 14.2. The maximum Gasteiger partial charge on any atom is 0.316 e. The van der Waals surface area contributed by atoms with Gasteiger partial charge in [-0.05, 0) is 38.1 Å². The Hall–Kier alpha value is -3.13. The molecule has 4 rings (SSSR count). The van der Waals surface area contributed by atoms with Gasteiger partial charge in [-0.1, -0.05) is 42.1 Å². The van der Waals surface area contributed by atoms with Crippen molar-refractivity contribution in [2.45, 2.75) is 25.5 Å². The molecule has 29 heavy (non-hydrogen) atoms. The summed E-state index contributed by atoms with van der Waals surface area (Å²) in [6, 6.07) is 17.9. The van der Waals surface area contributed by atoms with Crippen LogP contribution in [0, 0.1) is 6.92 Å². The van der Waals surface area contributed by atoms with Gasteiger partial charge in [-0.15, -0.1) is 10.2 Å². The lowest BCUT2D eigenvalue weighted by Gasteiger charge is -2.12. The second-order valence-corrected chi connectivity index (χ2v) is 7.34. The highest BCUT2D eigenvalue weighted by Gasteiger charge is 2.18. The fourth-order valence-corrected chi connectivity index (χ4v) is 3.96. The Bertz CT molecular complexity index is 1140. The first-order valence-electron chi connectivity index (χ1n) is 9.37. The highest BCUT2D eigenvalue weighted by molar-refractivity contribution is 7.99. The maximum absolute atomic E-state index is 11.8. The van der Waals surface area contributed by atoms with Gasteiger partial charge in [0.2, 0.25) is 0 Å². The molecule has 0 unspecified atom stereocenters. The number of carbonyl (C=O) groups excluding carboxylic acids is 1. The number of rotatable bonds is 7. The van der Waals surface area contributed by atoms with Crippen molar-refractivity contribution in [3.05, 3.63) is 66.2 Å². The smallest absolute Gasteiger partial charge is 0.316 e. The fraction of sp³-hybridized carbons (Fsp3) is 0.238. The molecule has 0 amide bonds. The van der Waals surface area contributed by atoms with Crippen molar-refractivity contribution in [1.82, 2.24) is 24.3 Å². The summed E-state index contributed by atoms with van der Waals surface area (Å²) in [6.07, 6.45) is 0. The molecule has 0 aliphatic carbocycles. The SMILES string of the molecule is CCOC(=O)CSc1nnc(Cn2c(C)nc3ccccc32)n1-c1ccccc1. The number of nitrogens with zero attached hydrogens (tertiary/aromatic N) is 5. The van der Waals surface area contributed by atoms with E-state index >= 15 is 0 Å². The Morgan fingerprint density at radius 1 is 1.07 bits per heavy atom. The molecule has 2 heterocycles. The van der Waals surface area contributed by atoms with Crippen LogP contribution in [0.15, 0.2) is 59.8 Å². The highest BCUT2D eigenvalue weighted by atomic mass is 32.2. The zero-order valence-electron chi connectivity index (χ0n) is 16.3. The van der Waals surface area contributed by atoms with E-state index in [9.17, 15) is 4.79 Å². The van der Waals surface area contributed by atoms with Crippen LogP contribution >= 0.6 is 11.8 Å². The van der Waals surface area contributed by atoms with Crippen molar-refractivity contribution in [3.8, 4) is 5.69 Å². The zero-order chi connectivity index (χ0) is 20.2. The van der Waals surface area contributed by atoms with Gasteiger partial charge in [-0.2, -0.15) is 0 Å². The largest absolute Gasteiger partial charge is 0.465 e. The van der Waals surface area contributed by atoms with Crippen molar-refractivity contribution in [2.75, 3.05) is 12.4 Å². The molecule has 0 aliphatic heterocycles. The van der Waals surface area contributed by atoms with Crippen LogP contribution in [0.4, 0.5) is 0 Å². The van der Waals surface area contributed by atoms with Gasteiger partial charge in [-0.3, -0.25) is 9.36 Å². The molecule has 8 heteroatoms. The molecular weight excluding hydrogens is 386 g/mol. The molecule has 7 nitrogen and oxygen atoms in total. The number of esters is 1. The van der Waals surface area contributed by atoms with E-state index < -0.39 is 0 Å². The van der Waals surface area contributed by atoms with E-state index in [-0.39, 0.29) is 11.7 Å². The van der Waals surface area contributed by atoms with Gasteiger partial charge < -0.3 is 9.30 Å². The highest BCUT2D eigenvalue weighted by Crippen LogP contribution is 2.24. The number of imidazole rings is 1. The number of hydrogen-bond donors (Lipinski definition) is 0. The molecule has 148 valence electrons. The Morgan fingerprint density at radius 2 is 1.83 bits per heavy atom. The predicted octanol–water partition coefficient (Wildman–Crippen LogP) is 3.63. The Balaban J connectivity index is 1.71. The van der Waals surface area contributed by atoms with Crippen LogP contribution in [-0.2, 0) is 16.1 Å². The minimum atomic E-state index is -0.266. The molecule has 0 spiro atoms. The molecule has 0 fully saturated rings. The summed E-state index contributed by atoms with van der Waals surface area (Å²) in [4.78, 5) is 16.4. The van der Waals surface area contributed by atoms with Gasteiger partial charge in [0.25, 0.3) is 0 Å². The normalized spacial score (nSPS) is 11.1. The van der Waals surface area contributed by atoms with Crippen molar-refractivity contribution < 1.29 is 9.53 Å². The molecule has 4 aromatic rings. The lowest BCUT2D eigenvalue weighted by Crippen LogP contribution is -2.11. The number of carbonyl (C=O) groups is 1. The number of thioether (sulfide) groups is 1. The van der Waals surface area contributed by atoms with Crippen LogP contribution in [0.2, 0.25) is 0 Å². The Kier molecular flexibility index (Phi) is 5.62. The quantitative estimate of drug-likeness (QED) is 0.344. The number of aromatic nitrogens is 5. The molecular formula is C21H21N5O2S. The van der Waals surface area contributed by atoms with Gasteiger partial charge in [-0.25, -0.2) is 4.98 Å². The third kappa shape index (κ3) is 4.02. The second-order valence-electron chi connectivity index (χ2n) is 6.40. The molecule has 2 aromatic heterocycles. The Morgan fingerprint density at radius 3 is 2.62 bits per heavy atom. The van der Waals surface area contributed by atoms with Crippen LogP contribution in [-0.4, -0.2) is 42.6 Å². The third-order valence-corrected chi connectivity index (χ3v) is 5.39. The average Bonchev–Trinajstić information content (AvgIpc) is 3.28. The fourth-order valence-electron chi connectivity index (χ4n) is 3.20. The molecule has 2 aromatic carbocycles. The maximum atomic E-state index is 11.8. The van der Waals surface area contributed by atoms with Gasteiger partial charge >= 0.3 is 5.97 Å². The molecule has 0 bridgehead atoms. The van der Waals surface area contributed by atoms with Crippen LogP contribution in [0.3, 0.4) is 0 Å². The predicted molar refractivity (Wildman–Crippen MR) is 112 cm³/mol. The molecule has 0 radical (unpaired) electrons. The minimum absolute atomic E-state index is 0.186. The van der Waals surface area contributed by atoms with Crippen LogP contribution in [0.25, 0.3) is 16.7 Å². The molecule has 0 saturated carbocycles. The topological polar surface area (TPSA) is 74.8 Å². The average molecular weight is 407 g/mol. The third-order valence-electron chi connectivity index (χ3n) is 4.48. The van der Waals surface area contributed by atoms with E-state index in [2.05, 4.69) is 25.8 Å². The van der Waals surface area contributed by atoms with E-state index in [0.717, 1.165) is 28.4 Å². The van der Waals surface area contributed by atoms with Gasteiger partial charge in [0, 0.05) is 5.69 Å². The van der Waals surface area contributed by atoms with Crippen molar-refractivity contribution in [3.63, 3.8) is 0 Å². The van der Waals surface area contributed by atoms with Crippen molar-refractivity contribution >= 4 is 28.8 Å². The van der Waals surface area contributed by atoms with Gasteiger partial charge in [0.1, 0.15) is 5.82 Å². The first kappa shape index (κ1) is 19.2.